The summed E-state index contributed by atoms with van der Waals surface area (Å²) in [6.07, 6.45) is 6.86. The highest BCUT2D eigenvalue weighted by Crippen LogP contribution is 2.49. The van der Waals surface area contributed by atoms with Crippen LogP contribution in [0.4, 0.5) is 0 Å². The summed E-state index contributed by atoms with van der Waals surface area (Å²) in [7, 11) is 1.74. The van der Waals surface area contributed by atoms with Crippen molar-refractivity contribution in [3.8, 4) is 0 Å². The summed E-state index contributed by atoms with van der Waals surface area (Å²) in [6, 6.07) is 0.216. The predicted molar refractivity (Wildman–Crippen MR) is 74.1 cm³/mol. The highest BCUT2D eigenvalue weighted by atomic mass is 35.5. The van der Waals surface area contributed by atoms with Gasteiger partial charge in [-0.2, -0.15) is 5.10 Å². The number of aromatic nitrogens is 2. The smallest absolute Gasteiger partial charge is 0.271 e. The second-order valence-electron chi connectivity index (χ2n) is 6.07. The lowest BCUT2D eigenvalue weighted by Crippen LogP contribution is -2.40. The number of aryl methyl sites for hydroxylation is 1. The fourth-order valence-electron chi connectivity index (χ4n) is 3.95. The van der Waals surface area contributed by atoms with Gasteiger partial charge >= 0.3 is 0 Å². The van der Waals surface area contributed by atoms with Crippen molar-refractivity contribution in [3.05, 3.63) is 16.9 Å². The molecule has 0 radical (unpaired) electrons. The first-order chi connectivity index (χ1) is 9.06. The number of nitrogens with zero attached hydrogens (tertiary/aromatic N) is 2. The first kappa shape index (κ1) is 13.0. The van der Waals surface area contributed by atoms with Gasteiger partial charge in [-0.15, -0.1) is 0 Å². The number of rotatable bonds is 3. The van der Waals surface area contributed by atoms with Gasteiger partial charge in [0, 0.05) is 13.1 Å². The second-order valence-corrected chi connectivity index (χ2v) is 6.47. The quantitative estimate of drug-likeness (QED) is 0.926. The number of fused-ring (bicyclic) bond motifs is 2. The zero-order valence-electron chi connectivity index (χ0n) is 11.4. The zero-order valence-corrected chi connectivity index (χ0v) is 12.2. The van der Waals surface area contributed by atoms with Crippen LogP contribution < -0.4 is 5.32 Å². The SMILES string of the molecule is C[C@H](NC(=O)c1c(Cl)cnn1C)[C@H]1C[C@H]2CC[C@H]1C2. The average molecular weight is 282 g/mol. The molecule has 1 aromatic heterocycles. The van der Waals surface area contributed by atoms with E-state index in [-0.39, 0.29) is 11.9 Å². The highest BCUT2D eigenvalue weighted by Gasteiger charge is 2.42. The van der Waals surface area contributed by atoms with E-state index in [1.165, 1.54) is 36.6 Å². The summed E-state index contributed by atoms with van der Waals surface area (Å²) < 4.78 is 1.53. The van der Waals surface area contributed by atoms with Crippen LogP contribution in [0.5, 0.6) is 0 Å². The first-order valence-corrected chi connectivity index (χ1v) is 7.42. The number of halogens is 1. The van der Waals surface area contributed by atoms with Crippen LogP contribution in [0.15, 0.2) is 6.20 Å². The summed E-state index contributed by atoms with van der Waals surface area (Å²) in [5, 5.41) is 7.53. The van der Waals surface area contributed by atoms with E-state index in [1.54, 1.807) is 7.05 Å². The van der Waals surface area contributed by atoms with Gasteiger partial charge in [0.1, 0.15) is 5.69 Å². The molecule has 0 aliphatic heterocycles. The van der Waals surface area contributed by atoms with Crippen molar-refractivity contribution in [1.29, 1.82) is 0 Å². The Bertz CT molecular complexity index is 479. The minimum absolute atomic E-state index is 0.111. The first-order valence-electron chi connectivity index (χ1n) is 7.04. The van der Waals surface area contributed by atoms with Crippen molar-refractivity contribution in [2.75, 3.05) is 0 Å². The minimum atomic E-state index is -0.111. The molecule has 2 aliphatic rings. The fourth-order valence-corrected chi connectivity index (χ4v) is 4.21. The number of nitrogens with one attached hydrogen (secondary N) is 1. The number of amides is 1. The standard InChI is InChI=1S/C14H20ClN3O/c1-8(11-6-9-3-4-10(11)5-9)17-14(19)13-12(15)7-16-18(13)2/h7-11H,3-6H2,1-2H3,(H,17,19)/t8-,9-,10-,11+/m0/s1. The monoisotopic (exact) mass is 281 g/mol. The lowest BCUT2D eigenvalue weighted by atomic mass is 9.84. The molecule has 0 spiro atoms. The topological polar surface area (TPSA) is 46.9 Å². The van der Waals surface area contributed by atoms with Crippen LogP contribution in [0.3, 0.4) is 0 Å². The largest absolute Gasteiger partial charge is 0.348 e. The molecule has 3 rings (SSSR count). The van der Waals surface area contributed by atoms with Gasteiger partial charge in [0.15, 0.2) is 0 Å². The molecule has 0 saturated heterocycles. The molecular weight excluding hydrogens is 262 g/mol. The summed E-state index contributed by atoms with van der Waals surface area (Å²) in [4.78, 5) is 12.3. The number of carbonyl (C=O) groups excluding carboxylic acids is 1. The van der Waals surface area contributed by atoms with Gasteiger partial charge in [0.25, 0.3) is 5.91 Å². The van der Waals surface area contributed by atoms with Crippen LogP contribution in [-0.2, 0) is 7.05 Å². The third-order valence-electron chi connectivity index (χ3n) is 4.90. The maximum atomic E-state index is 12.3. The molecule has 0 aromatic carbocycles. The van der Waals surface area contributed by atoms with E-state index >= 15 is 0 Å². The molecule has 2 saturated carbocycles. The Balaban J connectivity index is 1.67. The molecule has 1 aromatic rings. The summed E-state index contributed by atoms with van der Waals surface area (Å²) in [5.41, 5.74) is 0.455. The molecule has 2 aliphatic carbocycles. The van der Waals surface area contributed by atoms with Crippen molar-refractivity contribution >= 4 is 17.5 Å². The Morgan fingerprint density at radius 3 is 2.84 bits per heavy atom. The Hall–Kier alpha value is -1.03. The van der Waals surface area contributed by atoms with E-state index in [9.17, 15) is 4.79 Å². The summed E-state index contributed by atoms with van der Waals surface area (Å²) in [5.74, 6) is 2.23. The van der Waals surface area contributed by atoms with Crippen LogP contribution in [0, 0.1) is 17.8 Å². The molecule has 4 atom stereocenters. The lowest BCUT2D eigenvalue weighted by molar-refractivity contribution is 0.0906. The van der Waals surface area contributed by atoms with E-state index in [0.717, 1.165) is 11.8 Å². The maximum Gasteiger partial charge on any atom is 0.271 e. The molecule has 2 bridgehead atoms. The molecule has 104 valence electrons. The Morgan fingerprint density at radius 2 is 2.32 bits per heavy atom. The van der Waals surface area contributed by atoms with Crippen LogP contribution in [0.25, 0.3) is 0 Å². The van der Waals surface area contributed by atoms with Crippen LogP contribution >= 0.6 is 11.6 Å². The van der Waals surface area contributed by atoms with Crippen molar-refractivity contribution in [1.82, 2.24) is 15.1 Å². The third-order valence-corrected chi connectivity index (χ3v) is 5.18. The molecule has 0 unspecified atom stereocenters. The number of hydrogen-bond donors (Lipinski definition) is 1. The normalized spacial score (nSPS) is 30.6. The number of hydrogen-bond acceptors (Lipinski definition) is 2. The predicted octanol–water partition coefficient (Wildman–Crippen LogP) is 2.63. The van der Waals surface area contributed by atoms with E-state index in [2.05, 4.69) is 17.3 Å². The highest BCUT2D eigenvalue weighted by molar-refractivity contribution is 6.33. The van der Waals surface area contributed by atoms with Crippen molar-refractivity contribution < 1.29 is 4.79 Å². The van der Waals surface area contributed by atoms with Crippen molar-refractivity contribution in [3.63, 3.8) is 0 Å². The molecule has 2 fully saturated rings. The van der Waals surface area contributed by atoms with Crippen LogP contribution in [-0.4, -0.2) is 21.7 Å². The fraction of sp³-hybridized carbons (Fsp3) is 0.714. The van der Waals surface area contributed by atoms with E-state index in [0.29, 0.717) is 16.6 Å². The molecule has 1 heterocycles. The Morgan fingerprint density at radius 1 is 1.53 bits per heavy atom. The molecule has 5 heteroatoms. The molecular formula is C14H20ClN3O. The van der Waals surface area contributed by atoms with Gasteiger partial charge in [-0.25, -0.2) is 0 Å². The maximum absolute atomic E-state index is 12.3. The molecule has 4 nitrogen and oxygen atoms in total. The Kier molecular flexibility index (Phi) is 3.29. The van der Waals surface area contributed by atoms with Crippen LogP contribution in [0.2, 0.25) is 5.02 Å². The Labute approximate surface area is 118 Å². The van der Waals surface area contributed by atoms with E-state index < -0.39 is 0 Å². The average Bonchev–Trinajstić information content (AvgIpc) is 3.05. The zero-order chi connectivity index (χ0) is 13.6. The second kappa shape index (κ2) is 4.82. The summed E-state index contributed by atoms with van der Waals surface area (Å²) >= 11 is 6.00. The van der Waals surface area contributed by atoms with Gasteiger partial charge in [-0.05, 0) is 43.9 Å². The van der Waals surface area contributed by atoms with E-state index in [1.807, 2.05) is 0 Å². The van der Waals surface area contributed by atoms with Gasteiger partial charge in [0.2, 0.25) is 0 Å². The molecule has 1 N–H and O–H groups in total. The summed E-state index contributed by atoms with van der Waals surface area (Å²) in [6.45, 7) is 2.12. The van der Waals surface area contributed by atoms with Crippen LogP contribution in [0.1, 0.15) is 43.1 Å². The van der Waals surface area contributed by atoms with Gasteiger partial charge in [-0.3, -0.25) is 9.48 Å². The van der Waals surface area contributed by atoms with Gasteiger partial charge in [-0.1, -0.05) is 18.0 Å². The van der Waals surface area contributed by atoms with Gasteiger partial charge in [0.05, 0.1) is 11.2 Å². The number of carbonyl (C=O) groups is 1. The molecule has 1 amide bonds. The lowest BCUT2D eigenvalue weighted by Gasteiger charge is -2.28. The van der Waals surface area contributed by atoms with Crippen molar-refractivity contribution in [2.24, 2.45) is 24.8 Å². The van der Waals surface area contributed by atoms with E-state index in [4.69, 9.17) is 11.6 Å². The third kappa shape index (κ3) is 2.27. The van der Waals surface area contributed by atoms with Gasteiger partial charge < -0.3 is 5.32 Å². The molecule has 19 heavy (non-hydrogen) atoms. The van der Waals surface area contributed by atoms with Crippen molar-refractivity contribution in [2.45, 2.75) is 38.6 Å². The minimum Gasteiger partial charge on any atom is -0.348 e.